The van der Waals surface area contributed by atoms with Crippen molar-refractivity contribution in [1.82, 2.24) is 15.1 Å². The Hall–Kier alpha value is -1.99. The highest BCUT2D eigenvalue weighted by atomic mass is 32.1. The highest BCUT2D eigenvalue weighted by Gasteiger charge is 2.14. The van der Waals surface area contributed by atoms with E-state index in [4.69, 9.17) is 4.74 Å². The van der Waals surface area contributed by atoms with Gasteiger partial charge in [0.25, 0.3) is 11.5 Å². The molecule has 0 aromatic carbocycles. The van der Waals surface area contributed by atoms with Crippen molar-refractivity contribution in [1.29, 1.82) is 0 Å². The fraction of sp³-hybridized carbons (Fsp3) is 0.357. The normalized spacial score (nSPS) is 12.1. The summed E-state index contributed by atoms with van der Waals surface area (Å²) in [7, 11) is 1.55. The van der Waals surface area contributed by atoms with Crippen molar-refractivity contribution in [2.45, 2.75) is 19.5 Å². The molecule has 6 nitrogen and oxygen atoms in total. The van der Waals surface area contributed by atoms with Crippen LogP contribution in [0.4, 0.5) is 0 Å². The van der Waals surface area contributed by atoms with E-state index in [-0.39, 0.29) is 23.2 Å². The smallest absolute Gasteiger partial charge is 0.272 e. The quantitative estimate of drug-likeness (QED) is 0.876. The van der Waals surface area contributed by atoms with Gasteiger partial charge in [0.2, 0.25) is 0 Å². The van der Waals surface area contributed by atoms with Gasteiger partial charge in [-0.25, -0.2) is 4.68 Å². The first-order valence-corrected chi connectivity index (χ1v) is 7.41. The Bertz CT molecular complexity index is 652. The molecule has 0 saturated carbocycles. The van der Waals surface area contributed by atoms with Gasteiger partial charge in [0.1, 0.15) is 5.69 Å². The number of methoxy groups -OCH3 is 1. The van der Waals surface area contributed by atoms with Crippen LogP contribution in [0, 0.1) is 0 Å². The average molecular weight is 307 g/mol. The number of ether oxygens (including phenoxy) is 1. The van der Waals surface area contributed by atoms with Gasteiger partial charge in [0.15, 0.2) is 0 Å². The van der Waals surface area contributed by atoms with Crippen LogP contribution in [-0.4, -0.2) is 29.4 Å². The minimum atomic E-state index is -0.304. The first kappa shape index (κ1) is 15.4. The molecule has 1 amide bonds. The summed E-state index contributed by atoms with van der Waals surface area (Å²) in [5.74, 6) is -0.304. The molecular formula is C14H17N3O3S. The zero-order chi connectivity index (χ0) is 15.2. The maximum atomic E-state index is 12.2. The van der Waals surface area contributed by atoms with E-state index in [1.165, 1.54) is 16.8 Å². The lowest BCUT2D eigenvalue weighted by Crippen LogP contribution is -2.31. The minimum Gasteiger partial charge on any atom is -0.383 e. The van der Waals surface area contributed by atoms with E-state index in [9.17, 15) is 9.59 Å². The fourth-order valence-corrected chi connectivity index (χ4v) is 2.52. The van der Waals surface area contributed by atoms with Crippen molar-refractivity contribution in [3.8, 4) is 0 Å². The molecule has 1 unspecified atom stereocenters. The number of carbonyl (C=O) groups excluding carboxylic acids is 1. The van der Waals surface area contributed by atoms with Gasteiger partial charge in [-0.05, 0) is 24.4 Å². The number of rotatable bonds is 6. The van der Waals surface area contributed by atoms with E-state index in [0.29, 0.717) is 13.2 Å². The predicted molar refractivity (Wildman–Crippen MR) is 80.6 cm³/mol. The lowest BCUT2D eigenvalue weighted by molar-refractivity contribution is 0.0931. The van der Waals surface area contributed by atoms with Crippen LogP contribution in [0.3, 0.4) is 0 Å². The molecule has 0 spiro atoms. The maximum absolute atomic E-state index is 12.2. The number of aromatic nitrogens is 2. The number of thiophene rings is 1. The average Bonchev–Trinajstić information content (AvgIpc) is 3.00. The molecule has 2 rings (SSSR count). The summed E-state index contributed by atoms with van der Waals surface area (Å²) in [5, 5.41) is 8.88. The van der Waals surface area contributed by atoms with Crippen molar-refractivity contribution >= 4 is 17.2 Å². The zero-order valence-corrected chi connectivity index (χ0v) is 12.7. The second kappa shape index (κ2) is 7.14. The highest BCUT2D eigenvalue weighted by molar-refractivity contribution is 7.10. The van der Waals surface area contributed by atoms with Crippen molar-refractivity contribution in [2.75, 3.05) is 13.7 Å². The molecule has 2 aromatic heterocycles. The Labute approximate surface area is 126 Å². The number of hydrogen-bond acceptors (Lipinski definition) is 5. The van der Waals surface area contributed by atoms with E-state index < -0.39 is 0 Å². The molecule has 0 saturated heterocycles. The third kappa shape index (κ3) is 3.99. The molecule has 1 N–H and O–H groups in total. The molecule has 2 aromatic rings. The topological polar surface area (TPSA) is 73.2 Å². The van der Waals surface area contributed by atoms with Gasteiger partial charge in [-0.15, -0.1) is 11.3 Å². The van der Waals surface area contributed by atoms with Gasteiger partial charge >= 0.3 is 0 Å². The molecule has 0 aliphatic carbocycles. The van der Waals surface area contributed by atoms with Crippen LogP contribution in [0.2, 0.25) is 0 Å². The van der Waals surface area contributed by atoms with Crippen molar-refractivity contribution in [3.63, 3.8) is 0 Å². The van der Waals surface area contributed by atoms with Crippen LogP contribution in [0.5, 0.6) is 0 Å². The molecular weight excluding hydrogens is 290 g/mol. The van der Waals surface area contributed by atoms with Crippen LogP contribution in [-0.2, 0) is 11.3 Å². The molecule has 1 atom stereocenters. The summed E-state index contributed by atoms with van der Waals surface area (Å²) < 4.78 is 6.15. The van der Waals surface area contributed by atoms with E-state index in [0.717, 1.165) is 4.88 Å². The fourth-order valence-electron chi connectivity index (χ4n) is 1.79. The van der Waals surface area contributed by atoms with Crippen LogP contribution >= 0.6 is 11.3 Å². The van der Waals surface area contributed by atoms with Crippen molar-refractivity contribution in [2.24, 2.45) is 0 Å². The van der Waals surface area contributed by atoms with E-state index in [2.05, 4.69) is 10.4 Å². The number of hydrogen-bond donors (Lipinski definition) is 1. The number of nitrogens with one attached hydrogen (secondary N) is 1. The molecule has 112 valence electrons. The monoisotopic (exact) mass is 307 g/mol. The Kier molecular flexibility index (Phi) is 5.24. The number of amides is 1. The number of carbonyl (C=O) groups is 1. The maximum Gasteiger partial charge on any atom is 0.272 e. The van der Waals surface area contributed by atoms with Crippen LogP contribution < -0.4 is 10.9 Å². The standard InChI is InChI=1S/C14H17N3O3S/c1-10(12-4-3-9-21-12)15-14(19)11-5-6-13(18)17(16-11)7-8-20-2/h3-6,9-10H,7-8H2,1-2H3,(H,15,19). The first-order chi connectivity index (χ1) is 10.1. The predicted octanol–water partition coefficient (Wildman–Crippen LogP) is 1.44. The summed E-state index contributed by atoms with van der Waals surface area (Å²) in [6.07, 6.45) is 0. The largest absolute Gasteiger partial charge is 0.383 e. The second-order valence-electron chi connectivity index (χ2n) is 4.48. The molecule has 2 heterocycles. The van der Waals surface area contributed by atoms with Gasteiger partial charge < -0.3 is 10.1 Å². The summed E-state index contributed by atoms with van der Waals surface area (Å²) in [6.45, 7) is 2.59. The Morgan fingerprint density at radius 3 is 2.95 bits per heavy atom. The van der Waals surface area contributed by atoms with Gasteiger partial charge in [-0.1, -0.05) is 6.07 Å². The second-order valence-corrected chi connectivity index (χ2v) is 5.46. The summed E-state index contributed by atoms with van der Waals surface area (Å²) in [6, 6.07) is 6.57. The zero-order valence-electron chi connectivity index (χ0n) is 11.9. The lowest BCUT2D eigenvalue weighted by atomic mass is 10.2. The Morgan fingerprint density at radius 2 is 2.29 bits per heavy atom. The van der Waals surface area contributed by atoms with E-state index in [1.54, 1.807) is 18.4 Å². The summed E-state index contributed by atoms with van der Waals surface area (Å²) in [5.41, 5.74) is -0.0379. The SMILES string of the molecule is COCCn1nc(C(=O)NC(C)c2cccs2)ccc1=O. The van der Waals surface area contributed by atoms with Crippen molar-refractivity contribution < 1.29 is 9.53 Å². The lowest BCUT2D eigenvalue weighted by Gasteiger charge is -2.12. The molecule has 21 heavy (non-hydrogen) atoms. The highest BCUT2D eigenvalue weighted by Crippen LogP contribution is 2.18. The molecule has 0 fully saturated rings. The molecule has 0 bridgehead atoms. The molecule has 0 aliphatic rings. The third-order valence-electron chi connectivity index (χ3n) is 2.92. The minimum absolute atomic E-state index is 0.0985. The molecule has 0 aliphatic heterocycles. The molecule has 0 radical (unpaired) electrons. The van der Waals surface area contributed by atoms with Crippen LogP contribution in [0.1, 0.15) is 28.3 Å². The van der Waals surface area contributed by atoms with Gasteiger partial charge in [-0.2, -0.15) is 5.10 Å². The van der Waals surface area contributed by atoms with E-state index >= 15 is 0 Å². The summed E-state index contributed by atoms with van der Waals surface area (Å²) in [4.78, 5) is 24.9. The van der Waals surface area contributed by atoms with E-state index in [1.807, 2.05) is 24.4 Å². The third-order valence-corrected chi connectivity index (χ3v) is 3.98. The van der Waals surface area contributed by atoms with Gasteiger partial charge in [0.05, 0.1) is 19.2 Å². The van der Waals surface area contributed by atoms with Crippen molar-refractivity contribution in [3.05, 3.63) is 50.6 Å². The van der Waals surface area contributed by atoms with Crippen LogP contribution in [0.15, 0.2) is 34.4 Å². The van der Waals surface area contributed by atoms with Crippen LogP contribution in [0.25, 0.3) is 0 Å². The summed E-state index contributed by atoms with van der Waals surface area (Å²) >= 11 is 1.58. The first-order valence-electron chi connectivity index (χ1n) is 6.53. The Morgan fingerprint density at radius 1 is 1.48 bits per heavy atom. The van der Waals surface area contributed by atoms with Gasteiger partial charge in [-0.3, -0.25) is 9.59 Å². The molecule has 7 heteroatoms. The Balaban J connectivity index is 2.10. The number of nitrogens with zero attached hydrogens (tertiary/aromatic N) is 2. The van der Waals surface area contributed by atoms with Gasteiger partial charge in [0, 0.05) is 18.1 Å².